The molecule has 1 rings (SSSR count). The second-order valence-electron chi connectivity index (χ2n) is 5.27. The first-order valence-electron chi connectivity index (χ1n) is 6.85. The lowest BCUT2D eigenvalue weighted by Gasteiger charge is -2.28. The maximum Gasteiger partial charge on any atom is 0.191 e. The van der Waals surface area contributed by atoms with E-state index in [1.54, 1.807) is 0 Å². The number of aliphatic imine (C=N–C) groups is 1. The summed E-state index contributed by atoms with van der Waals surface area (Å²) in [5.41, 5.74) is 0. The minimum Gasteiger partial charge on any atom is -0.357 e. The van der Waals surface area contributed by atoms with Gasteiger partial charge in [-0.05, 0) is 59.7 Å². The predicted octanol–water partition coefficient (Wildman–Crippen LogP) is 1.29. The van der Waals surface area contributed by atoms with Crippen molar-refractivity contribution >= 4 is 5.96 Å². The Balaban J connectivity index is 2.36. The highest BCUT2D eigenvalue weighted by Crippen LogP contribution is 2.15. The van der Waals surface area contributed by atoms with Crippen molar-refractivity contribution in [1.29, 1.82) is 0 Å². The standard InChI is InChI=1S/C13H28N4/c1-5-14-13(16-11(2)3)15-10-12-6-8-17(4)9-7-12/h11-12H,5-10H2,1-4H3,(H2,14,15,16). The molecule has 1 heterocycles. The van der Waals surface area contributed by atoms with Crippen LogP contribution >= 0.6 is 0 Å². The van der Waals surface area contributed by atoms with Gasteiger partial charge in [0.2, 0.25) is 0 Å². The van der Waals surface area contributed by atoms with Crippen LogP contribution in [-0.2, 0) is 0 Å². The molecule has 1 saturated heterocycles. The molecule has 0 bridgehead atoms. The molecule has 0 saturated carbocycles. The summed E-state index contributed by atoms with van der Waals surface area (Å²) < 4.78 is 0. The highest BCUT2D eigenvalue weighted by Gasteiger charge is 2.16. The molecule has 0 aliphatic carbocycles. The Morgan fingerprint density at radius 2 is 2.00 bits per heavy atom. The molecule has 0 spiro atoms. The topological polar surface area (TPSA) is 39.7 Å². The Morgan fingerprint density at radius 1 is 1.35 bits per heavy atom. The molecule has 0 radical (unpaired) electrons. The first-order valence-corrected chi connectivity index (χ1v) is 6.85. The van der Waals surface area contributed by atoms with Crippen LogP contribution in [0, 0.1) is 5.92 Å². The maximum atomic E-state index is 4.68. The summed E-state index contributed by atoms with van der Waals surface area (Å²) in [4.78, 5) is 7.08. The summed E-state index contributed by atoms with van der Waals surface area (Å²) in [7, 11) is 2.20. The van der Waals surface area contributed by atoms with Crippen molar-refractivity contribution in [3.05, 3.63) is 0 Å². The molecule has 0 amide bonds. The summed E-state index contributed by atoms with van der Waals surface area (Å²) in [5.74, 6) is 1.72. The average molecular weight is 240 g/mol. The van der Waals surface area contributed by atoms with Gasteiger partial charge in [0.25, 0.3) is 0 Å². The molecule has 17 heavy (non-hydrogen) atoms. The van der Waals surface area contributed by atoms with Gasteiger partial charge in [-0.3, -0.25) is 4.99 Å². The summed E-state index contributed by atoms with van der Waals surface area (Å²) in [6.45, 7) is 10.7. The quantitative estimate of drug-likeness (QED) is 0.574. The monoisotopic (exact) mass is 240 g/mol. The van der Waals surface area contributed by atoms with Gasteiger partial charge in [-0.15, -0.1) is 0 Å². The molecule has 0 aromatic heterocycles. The first-order chi connectivity index (χ1) is 8.11. The van der Waals surface area contributed by atoms with E-state index in [1.165, 1.54) is 25.9 Å². The lowest BCUT2D eigenvalue weighted by atomic mass is 9.97. The van der Waals surface area contributed by atoms with Crippen LogP contribution in [0.5, 0.6) is 0 Å². The predicted molar refractivity (Wildman–Crippen MR) is 74.5 cm³/mol. The third kappa shape index (κ3) is 5.91. The summed E-state index contributed by atoms with van der Waals surface area (Å²) in [5, 5.41) is 6.65. The van der Waals surface area contributed by atoms with Crippen LogP contribution in [0.2, 0.25) is 0 Å². The van der Waals surface area contributed by atoms with Gasteiger partial charge in [-0.1, -0.05) is 0 Å². The molecule has 0 aromatic carbocycles. The third-order valence-electron chi connectivity index (χ3n) is 3.12. The minimum atomic E-state index is 0.435. The number of piperidine rings is 1. The molecule has 100 valence electrons. The van der Waals surface area contributed by atoms with Crippen LogP contribution in [0.25, 0.3) is 0 Å². The summed E-state index contributed by atoms with van der Waals surface area (Å²) >= 11 is 0. The minimum absolute atomic E-state index is 0.435. The zero-order valence-corrected chi connectivity index (χ0v) is 11.8. The van der Waals surface area contributed by atoms with E-state index in [-0.39, 0.29) is 0 Å². The number of nitrogens with zero attached hydrogens (tertiary/aromatic N) is 2. The molecule has 0 aromatic rings. The molecule has 0 atom stereocenters. The van der Waals surface area contributed by atoms with Crippen LogP contribution in [0.3, 0.4) is 0 Å². The van der Waals surface area contributed by atoms with Gasteiger partial charge in [0.15, 0.2) is 5.96 Å². The second kappa shape index (κ2) is 7.54. The number of guanidine groups is 1. The molecule has 1 aliphatic heterocycles. The normalized spacial score (nSPS) is 19.7. The van der Waals surface area contributed by atoms with E-state index in [4.69, 9.17) is 0 Å². The van der Waals surface area contributed by atoms with Crippen molar-refractivity contribution in [2.45, 2.75) is 39.7 Å². The van der Waals surface area contributed by atoms with Gasteiger partial charge in [0.05, 0.1) is 0 Å². The lowest BCUT2D eigenvalue weighted by Crippen LogP contribution is -2.41. The van der Waals surface area contributed by atoms with E-state index in [0.29, 0.717) is 6.04 Å². The molecule has 4 heteroatoms. The molecule has 1 fully saturated rings. The van der Waals surface area contributed by atoms with Crippen molar-refractivity contribution in [1.82, 2.24) is 15.5 Å². The maximum absolute atomic E-state index is 4.68. The fraction of sp³-hybridized carbons (Fsp3) is 0.923. The van der Waals surface area contributed by atoms with Gasteiger partial charge < -0.3 is 15.5 Å². The van der Waals surface area contributed by atoms with Crippen molar-refractivity contribution in [2.24, 2.45) is 10.9 Å². The molecule has 4 nitrogen and oxygen atoms in total. The molecule has 2 N–H and O–H groups in total. The molecule has 1 aliphatic rings. The van der Waals surface area contributed by atoms with E-state index >= 15 is 0 Å². The van der Waals surface area contributed by atoms with E-state index in [1.807, 2.05) is 0 Å². The SMILES string of the molecule is CCNC(=NCC1CCN(C)CC1)NC(C)C. The van der Waals surface area contributed by atoms with Crippen molar-refractivity contribution < 1.29 is 0 Å². The van der Waals surface area contributed by atoms with Crippen molar-refractivity contribution in [3.63, 3.8) is 0 Å². The lowest BCUT2D eigenvalue weighted by molar-refractivity contribution is 0.223. The van der Waals surface area contributed by atoms with Crippen LogP contribution in [0.4, 0.5) is 0 Å². The number of hydrogen-bond donors (Lipinski definition) is 2. The Kier molecular flexibility index (Phi) is 6.34. The molecular formula is C13H28N4. The van der Waals surface area contributed by atoms with Crippen LogP contribution in [0.1, 0.15) is 33.6 Å². The zero-order chi connectivity index (χ0) is 12.7. The van der Waals surface area contributed by atoms with Crippen LogP contribution < -0.4 is 10.6 Å². The highest BCUT2D eigenvalue weighted by molar-refractivity contribution is 5.79. The largest absolute Gasteiger partial charge is 0.357 e. The fourth-order valence-corrected chi connectivity index (χ4v) is 2.06. The van der Waals surface area contributed by atoms with E-state index in [0.717, 1.165) is 25.0 Å². The Hall–Kier alpha value is -0.770. The zero-order valence-electron chi connectivity index (χ0n) is 11.8. The number of hydrogen-bond acceptors (Lipinski definition) is 2. The number of likely N-dealkylation sites (tertiary alicyclic amines) is 1. The van der Waals surface area contributed by atoms with Crippen LogP contribution in [-0.4, -0.2) is 50.1 Å². The van der Waals surface area contributed by atoms with Crippen LogP contribution in [0.15, 0.2) is 4.99 Å². The number of rotatable bonds is 4. The Morgan fingerprint density at radius 3 is 2.53 bits per heavy atom. The second-order valence-corrected chi connectivity index (χ2v) is 5.27. The van der Waals surface area contributed by atoms with Gasteiger partial charge in [0.1, 0.15) is 0 Å². The van der Waals surface area contributed by atoms with E-state index < -0.39 is 0 Å². The van der Waals surface area contributed by atoms with Gasteiger partial charge in [-0.25, -0.2) is 0 Å². The fourth-order valence-electron chi connectivity index (χ4n) is 2.06. The Labute approximate surface area is 106 Å². The average Bonchev–Trinajstić information content (AvgIpc) is 2.27. The summed E-state index contributed by atoms with van der Waals surface area (Å²) in [6, 6.07) is 0.435. The van der Waals surface area contributed by atoms with Gasteiger partial charge in [-0.2, -0.15) is 0 Å². The van der Waals surface area contributed by atoms with Gasteiger partial charge >= 0.3 is 0 Å². The Bertz CT molecular complexity index is 230. The highest BCUT2D eigenvalue weighted by atomic mass is 15.2. The van der Waals surface area contributed by atoms with E-state index in [2.05, 4.69) is 48.3 Å². The van der Waals surface area contributed by atoms with E-state index in [9.17, 15) is 0 Å². The van der Waals surface area contributed by atoms with Crippen molar-refractivity contribution in [2.75, 3.05) is 33.2 Å². The third-order valence-corrected chi connectivity index (χ3v) is 3.12. The first kappa shape index (κ1) is 14.3. The smallest absolute Gasteiger partial charge is 0.191 e. The van der Waals surface area contributed by atoms with Crippen molar-refractivity contribution in [3.8, 4) is 0 Å². The molecular weight excluding hydrogens is 212 g/mol. The summed E-state index contributed by atoms with van der Waals surface area (Å²) in [6.07, 6.45) is 2.56. The van der Waals surface area contributed by atoms with Gasteiger partial charge in [0, 0.05) is 19.1 Å². The molecule has 0 unspecified atom stereocenters. The number of nitrogens with one attached hydrogen (secondary N) is 2.